The lowest BCUT2D eigenvalue weighted by atomic mass is 10.1. The Morgan fingerprint density at radius 3 is 2.52 bits per heavy atom. The minimum Gasteiger partial charge on any atom is -0.497 e. The number of hydrogen-bond acceptors (Lipinski definition) is 10. The summed E-state index contributed by atoms with van der Waals surface area (Å²) in [7, 11) is -0.338. The third-order valence-corrected chi connectivity index (χ3v) is 7.25. The fourth-order valence-electron chi connectivity index (χ4n) is 4.66. The molecule has 3 heterocycles. The van der Waals surface area contributed by atoms with Gasteiger partial charge in [0, 0.05) is 54.5 Å². The number of fused-ring (bicyclic) bond motifs is 1. The second-order valence-electron chi connectivity index (χ2n) is 9.56. The summed E-state index contributed by atoms with van der Waals surface area (Å²) in [6.45, 7) is 1.27. The molecule has 0 saturated carbocycles. The van der Waals surface area contributed by atoms with E-state index >= 15 is 0 Å². The van der Waals surface area contributed by atoms with Crippen LogP contribution in [0.15, 0.2) is 55.0 Å². The summed E-state index contributed by atoms with van der Waals surface area (Å²) >= 11 is 0. The van der Waals surface area contributed by atoms with E-state index in [1.54, 1.807) is 32.7 Å². The Labute approximate surface area is 233 Å². The Morgan fingerprint density at radius 1 is 1.02 bits per heavy atom. The van der Waals surface area contributed by atoms with Gasteiger partial charge in [0.2, 0.25) is 0 Å². The van der Waals surface area contributed by atoms with Crippen molar-refractivity contribution >= 4 is 32.5 Å². The monoisotopic (exact) mass is 567 g/mol. The average Bonchev–Trinajstić information content (AvgIpc) is 3.47. The molecule has 0 spiro atoms. The maximum Gasteiger partial charge on any atom is 0.264 e. The Bertz CT molecular complexity index is 1550. The Kier molecular flexibility index (Phi) is 8.48. The van der Waals surface area contributed by atoms with Gasteiger partial charge in [0.1, 0.15) is 17.7 Å². The number of anilines is 2. The van der Waals surface area contributed by atoms with E-state index in [4.69, 9.17) is 23.4 Å². The number of rotatable bonds is 11. The van der Waals surface area contributed by atoms with Gasteiger partial charge >= 0.3 is 0 Å². The largest absolute Gasteiger partial charge is 0.497 e. The molecule has 1 aliphatic rings. The van der Waals surface area contributed by atoms with Gasteiger partial charge in [0.05, 0.1) is 56.2 Å². The molecular formula is C28H33N5O6S. The summed E-state index contributed by atoms with van der Waals surface area (Å²) in [5.74, 6) is 1.27. The van der Waals surface area contributed by atoms with Crippen LogP contribution in [0.1, 0.15) is 31.9 Å². The molecule has 1 unspecified atom stereocenters. The van der Waals surface area contributed by atoms with Crippen LogP contribution in [0.3, 0.4) is 0 Å². The number of hydrogen-bond donors (Lipinski definition) is 0. The van der Waals surface area contributed by atoms with Crippen LogP contribution in [-0.2, 0) is 19.0 Å². The number of benzene rings is 2. The van der Waals surface area contributed by atoms with E-state index in [1.165, 1.54) is 0 Å². The quantitative estimate of drug-likeness (QED) is 0.186. The zero-order valence-electron chi connectivity index (χ0n) is 22.8. The third-order valence-electron chi connectivity index (χ3n) is 6.66. The lowest BCUT2D eigenvalue weighted by Gasteiger charge is -2.26. The van der Waals surface area contributed by atoms with Crippen LogP contribution in [0, 0.1) is 0 Å². The van der Waals surface area contributed by atoms with Crippen molar-refractivity contribution in [3.8, 4) is 22.8 Å². The van der Waals surface area contributed by atoms with E-state index < -0.39 is 10.1 Å². The summed E-state index contributed by atoms with van der Waals surface area (Å²) in [6.07, 6.45) is 10.1. The van der Waals surface area contributed by atoms with Crippen molar-refractivity contribution in [1.29, 1.82) is 0 Å². The SMILES string of the molecule is COc1cc(OC)cc(N(CCCOS(C)(=O)=O)c2ccc3ncc(-c4cnn(C5CCCCO5)c4)nc3c2)c1. The molecule has 0 radical (unpaired) electrons. The van der Waals surface area contributed by atoms with Gasteiger partial charge in [-0.25, -0.2) is 9.67 Å². The number of ether oxygens (including phenoxy) is 3. The summed E-state index contributed by atoms with van der Waals surface area (Å²) < 4.78 is 46.6. The predicted octanol–water partition coefficient (Wildman–Crippen LogP) is 4.71. The maximum atomic E-state index is 11.5. The van der Waals surface area contributed by atoms with Gasteiger partial charge in [-0.1, -0.05) is 0 Å². The molecule has 4 aromatic rings. The second-order valence-corrected chi connectivity index (χ2v) is 11.2. The molecule has 40 heavy (non-hydrogen) atoms. The lowest BCUT2D eigenvalue weighted by Crippen LogP contribution is -2.20. The van der Waals surface area contributed by atoms with Crippen molar-refractivity contribution < 1.29 is 26.8 Å². The molecule has 11 nitrogen and oxygen atoms in total. The van der Waals surface area contributed by atoms with Gasteiger partial charge in [-0.2, -0.15) is 13.5 Å². The van der Waals surface area contributed by atoms with Crippen molar-refractivity contribution in [2.45, 2.75) is 31.9 Å². The molecule has 1 atom stereocenters. The first kappa shape index (κ1) is 27.8. The molecule has 0 aliphatic carbocycles. The molecule has 2 aromatic carbocycles. The summed E-state index contributed by atoms with van der Waals surface area (Å²) in [6, 6.07) is 11.4. The van der Waals surface area contributed by atoms with Crippen molar-refractivity contribution in [2.24, 2.45) is 0 Å². The Morgan fingerprint density at radius 2 is 1.82 bits per heavy atom. The van der Waals surface area contributed by atoms with Gasteiger partial charge in [-0.15, -0.1) is 0 Å². The second kappa shape index (κ2) is 12.2. The third kappa shape index (κ3) is 6.69. The van der Waals surface area contributed by atoms with Gasteiger partial charge in [-0.05, 0) is 43.9 Å². The standard InChI is InChI=1S/C28H33N5O6S/c1-36-23-13-22(14-24(16-23)37-2)32(10-6-12-39-40(3,34)35)21-8-9-25-26(15-21)31-27(18-29-25)20-17-30-33(19-20)28-7-4-5-11-38-28/h8-9,13-19,28H,4-7,10-12H2,1-3H3. The number of aromatic nitrogens is 4. The van der Waals surface area contributed by atoms with Crippen molar-refractivity contribution in [1.82, 2.24) is 19.7 Å². The van der Waals surface area contributed by atoms with Gasteiger partial charge in [0.25, 0.3) is 10.1 Å². The maximum absolute atomic E-state index is 11.5. The van der Waals surface area contributed by atoms with Crippen LogP contribution in [0.5, 0.6) is 11.5 Å². The first-order valence-corrected chi connectivity index (χ1v) is 14.9. The zero-order chi connectivity index (χ0) is 28.1. The molecular weight excluding hydrogens is 534 g/mol. The highest BCUT2D eigenvalue weighted by Gasteiger charge is 2.18. The van der Waals surface area contributed by atoms with E-state index in [2.05, 4.69) is 10.1 Å². The highest BCUT2D eigenvalue weighted by Crippen LogP contribution is 2.34. The van der Waals surface area contributed by atoms with E-state index in [9.17, 15) is 8.42 Å². The van der Waals surface area contributed by atoms with Gasteiger partial charge in [-0.3, -0.25) is 9.17 Å². The van der Waals surface area contributed by atoms with Crippen molar-refractivity contribution in [3.05, 3.63) is 55.0 Å². The summed E-state index contributed by atoms with van der Waals surface area (Å²) in [5.41, 5.74) is 4.69. The van der Waals surface area contributed by atoms with Crippen LogP contribution in [0.2, 0.25) is 0 Å². The van der Waals surface area contributed by atoms with Gasteiger partial charge < -0.3 is 19.1 Å². The van der Waals surface area contributed by atoms with E-state index in [-0.39, 0.29) is 12.8 Å². The van der Waals surface area contributed by atoms with Gasteiger partial charge in [0.15, 0.2) is 0 Å². The summed E-state index contributed by atoms with van der Waals surface area (Å²) in [4.78, 5) is 11.6. The normalized spacial score (nSPS) is 15.7. The topological polar surface area (TPSA) is 118 Å². The molecule has 212 valence electrons. The molecule has 5 rings (SSSR count). The van der Waals surface area contributed by atoms with E-state index in [0.717, 1.165) is 54.6 Å². The molecule has 12 heteroatoms. The van der Waals surface area contributed by atoms with E-state index in [1.807, 2.05) is 46.1 Å². The smallest absolute Gasteiger partial charge is 0.264 e. The van der Waals surface area contributed by atoms with Crippen LogP contribution < -0.4 is 14.4 Å². The van der Waals surface area contributed by atoms with Crippen LogP contribution in [0.4, 0.5) is 11.4 Å². The van der Waals surface area contributed by atoms with Crippen LogP contribution in [-0.4, -0.2) is 68.4 Å². The molecule has 1 fully saturated rings. The fourth-order valence-corrected chi connectivity index (χ4v) is 5.08. The zero-order valence-corrected chi connectivity index (χ0v) is 23.6. The Hall–Kier alpha value is -3.74. The van der Waals surface area contributed by atoms with Crippen LogP contribution in [0.25, 0.3) is 22.3 Å². The first-order valence-electron chi connectivity index (χ1n) is 13.1. The first-order chi connectivity index (χ1) is 19.3. The predicted molar refractivity (Wildman–Crippen MR) is 152 cm³/mol. The minimum atomic E-state index is -3.53. The molecule has 0 N–H and O–H groups in total. The highest BCUT2D eigenvalue weighted by atomic mass is 32.2. The summed E-state index contributed by atoms with van der Waals surface area (Å²) in [5, 5.41) is 4.51. The highest BCUT2D eigenvalue weighted by molar-refractivity contribution is 7.85. The molecule has 2 aromatic heterocycles. The number of nitrogens with zero attached hydrogens (tertiary/aromatic N) is 5. The number of methoxy groups -OCH3 is 2. The average molecular weight is 568 g/mol. The fraction of sp³-hybridized carbons (Fsp3) is 0.393. The Balaban J connectivity index is 1.47. The van der Waals surface area contributed by atoms with E-state index in [0.29, 0.717) is 35.7 Å². The molecule has 0 amide bonds. The molecule has 1 aliphatic heterocycles. The van der Waals surface area contributed by atoms with Crippen molar-refractivity contribution in [3.63, 3.8) is 0 Å². The molecule has 1 saturated heterocycles. The minimum absolute atomic E-state index is 0.0531. The molecule has 0 bridgehead atoms. The lowest BCUT2D eigenvalue weighted by molar-refractivity contribution is -0.0394. The van der Waals surface area contributed by atoms with Crippen molar-refractivity contribution in [2.75, 3.05) is 45.1 Å². The van der Waals surface area contributed by atoms with Crippen LogP contribution >= 0.6 is 0 Å².